The SMILES string of the molecule is COc1ccccc1NC(=O)c1nc(-c2ccc(C)cc2)n(-c2ccc(F)cc2)n1. The van der Waals surface area contributed by atoms with Crippen molar-refractivity contribution in [3.8, 4) is 22.8 Å². The molecular weight excluding hydrogens is 383 g/mol. The van der Waals surface area contributed by atoms with E-state index in [0.29, 0.717) is 22.9 Å². The molecule has 3 aromatic carbocycles. The molecule has 0 radical (unpaired) electrons. The van der Waals surface area contributed by atoms with Crippen molar-refractivity contribution in [3.63, 3.8) is 0 Å². The molecule has 1 heterocycles. The lowest BCUT2D eigenvalue weighted by Gasteiger charge is -2.08. The van der Waals surface area contributed by atoms with E-state index in [4.69, 9.17) is 4.74 Å². The maximum absolute atomic E-state index is 13.4. The van der Waals surface area contributed by atoms with Gasteiger partial charge in [0.1, 0.15) is 11.6 Å². The average molecular weight is 402 g/mol. The quantitative estimate of drug-likeness (QED) is 0.528. The zero-order valence-electron chi connectivity index (χ0n) is 16.5. The molecule has 0 aliphatic heterocycles. The Hall–Kier alpha value is -4.00. The lowest BCUT2D eigenvalue weighted by atomic mass is 10.1. The first-order valence-electron chi connectivity index (χ1n) is 9.29. The monoisotopic (exact) mass is 402 g/mol. The highest BCUT2D eigenvalue weighted by atomic mass is 19.1. The van der Waals surface area contributed by atoms with E-state index in [0.717, 1.165) is 11.1 Å². The molecule has 7 heteroatoms. The highest BCUT2D eigenvalue weighted by Gasteiger charge is 2.20. The molecule has 0 bridgehead atoms. The molecule has 6 nitrogen and oxygen atoms in total. The molecule has 150 valence electrons. The van der Waals surface area contributed by atoms with Gasteiger partial charge >= 0.3 is 0 Å². The molecule has 0 spiro atoms. The number of amides is 1. The highest BCUT2D eigenvalue weighted by molar-refractivity contribution is 6.02. The van der Waals surface area contributed by atoms with Crippen molar-refractivity contribution in [2.45, 2.75) is 6.92 Å². The van der Waals surface area contributed by atoms with Crippen molar-refractivity contribution in [1.29, 1.82) is 0 Å². The zero-order chi connectivity index (χ0) is 21.1. The molecule has 0 atom stereocenters. The summed E-state index contributed by atoms with van der Waals surface area (Å²) in [6.45, 7) is 1.99. The van der Waals surface area contributed by atoms with E-state index in [1.54, 1.807) is 30.3 Å². The average Bonchev–Trinajstić information content (AvgIpc) is 3.21. The molecule has 0 unspecified atom stereocenters. The molecule has 1 N–H and O–H groups in total. The van der Waals surface area contributed by atoms with Crippen LogP contribution in [-0.4, -0.2) is 27.8 Å². The fraction of sp³-hybridized carbons (Fsp3) is 0.0870. The third-order valence-corrected chi connectivity index (χ3v) is 4.55. The van der Waals surface area contributed by atoms with Crippen LogP contribution in [0.25, 0.3) is 17.1 Å². The summed E-state index contributed by atoms with van der Waals surface area (Å²) in [4.78, 5) is 17.3. The minimum atomic E-state index is -0.478. The Bertz CT molecular complexity index is 1120. The minimum Gasteiger partial charge on any atom is -0.495 e. The number of hydrogen-bond acceptors (Lipinski definition) is 4. The first-order chi connectivity index (χ1) is 14.5. The fourth-order valence-corrected chi connectivity index (χ4v) is 2.99. The van der Waals surface area contributed by atoms with Crippen molar-refractivity contribution in [2.75, 3.05) is 12.4 Å². The molecule has 1 aromatic heterocycles. The third kappa shape index (κ3) is 3.91. The van der Waals surface area contributed by atoms with Crippen LogP contribution in [0.2, 0.25) is 0 Å². The molecule has 0 saturated heterocycles. The molecule has 4 aromatic rings. The van der Waals surface area contributed by atoms with Crippen molar-refractivity contribution < 1.29 is 13.9 Å². The second-order valence-electron chi connectivity index (χ2n) is 6.67. The van der Waals surface area contributed by atoms with Gasteiger partial charge in [-0.2, -0.15) is 0 Å². The van der Waals surface area contributed by atoms with Crippen molar-refractivity contribution in [2.24, 2.45) is 0 Å². The van der Waals surface area contributed by atoms with E-state index < -0.39 is 5.91 Å². The Morgan fingerprint density at radius 2 is 1.70 bits per heavy atom. The number of ether oxygens (including phenoxy) is 1. The number of anilines is 1. The van der Waals surface area contributed by atoms with Crippen molar-refractivity contribution in [3.05, 3.63) is 90.0 Å². The van der Waals surface area contributed by atoms with Gasteiger partial charge < -0.3 is 10.1 Å². The molecule has 0 saturated carbocycles. The van der Waals surface area contributed by atoms with Gasteiger partial charge in [0.05, 0.1) is 18.5 Å². The highest BCUT2D eigenvalue weighted by Crippen LogP contribution is 2.25. The van der Waals surface area contributed by atoms with E-state index in [2.05, 4.69) is 15.4 Å². The number of benzene rings is 3. The predicted molar refractivity (Wildman–Crippen MR) is 112 cm³/mol. The number of carbonyl (C=O) groups is 1. The number of para-hydroxylation sites is 2. The minimum absolute atomic E-state index is 0.0131. The summed E-state index contributed by atoms with van der Waals surface area (Å²) >= 11 is 0. The number of methoxy groups -OCH3 is 1. The van der Waals surface area contributed by atoms with Crippen LogP contribution >= 0.6 is 0 Å². The van der Waals surface area contributed by atoms with Gasteiger partial charge in [-0.1, -0.05) is 42.0 Å². The van der Waals surface area contributed by atoms with Gasteiger partial charge in [0.15, 0.2) is 5.82 Å². The Morgan fingerprint density at radius 3 is 2.40 bits per heavy atom. The lowest BCUT2D eigenvalue weighted by Crippen LogP contribution is -2.15. The maximum atomic E-state index is 13.4. The Morgan fingerprint density at radius 1 is 1.00 bits per heavy atom. The van der Waals surface area contributed by atoms with E-state index in [9.17, 15) is 9.18 Å². The third-order valence-electron chi connectivity index (χ3n) is 4.55. The second-order valence-corrected chi connectivity index (χ2v) is 6.67. The van der Waals surface area contributed by atoms with Crippen LogP contribution in [0, 0.1) is 12.7 Å². The number of nitrogens with zero attached hydrogens (tertiary/aromatic N) is 3. The maximum Gasteiger partial charge on any atom is 0.295 e. The van der Waals surface area contributed by atoms with Gasteiger partial charge in [-0.05, 0) is 43.3 Å². The first-order valence-corrected chi connectivity index (χ1v) is 9.29. The number of nitrogens with one attached hydrogen (secondary N) is 1. The van der Waals surface area contributed by atoms with Crippen LogP contribution in [0.15, 0.2) is 72.8 Å². The van der Waals surface area contributed by atoms with Gasteiger partial charge in [0.2, 0.25) is 5.82 Å². The molecule has 0 aliphatic rings. The molecule has 0 fully saturated rings. The Kier molecular flexibility index (Phi) is 5.26. The van der Waals surface area contributed by atoms with E-state index in [-0.39, 0.29) is 11.6 Å². The number of aromatic nitrogens is 3. The van der Waals surface area contributed by atoms with E-state index >= 15 is 0 Å². The summed E-state index contributed by atoms with van der Waals surface area (Å²) in [6, 6.07) is 20.6. The summed E-state index contributed by atoms with van der Waals surface area (Å²) < 4.78 is 20.2. The largest absolute Gasteiger partial charge is 0.495 e. The smallest absolute Gasteiger partial charge is 0.295 e. The van der Waals surface area contributed by atoms with E-state index in [1.165, 1.54) is 23.9 Å². The summed E-state index contributed by atoms with van der Waals surface area (Å²) in [7, 11) is 1.53. The number of carbonyl (C=O) groups excluding carboxylic acids is 1. The normalized spacial score (nSPS) is 10.6. The van der Waals surface area contributed by atoms with Crippen LogP contribution in [-0.2, 0) is 0 Å². The first kappa shape index (κ1) is 19.3. The number of aryl methyl sites for hydroxylation is 1. The molecular formula is C23H19FN4O2. The van der Waals surface area contributed by atoms with Crippen LogP contribution in [0.3, 0.4) is 0 Å². The van der Waals surface area contributed by atoms with Crippen LogP contribution < -0.4 is 10.1 Å². The van der Waals surface area contributed by atoms with E-state index in [1.807, 2.05) is 37.3 Å². The summed E-state index contributed by atoms with van der Waals surface area (Å²) in [5, 5.41) is 7.17. The van der Waals surface area contributed by atoms with Gasteiger partial charge in [0, 0.05) is 5.56 Å². The summed E-state index contributed by atoms with van der Waals surface area (Å²) in [5.41, 5.74) is 2.99. The second kappa shape index (κ2) is 8.16. The van der Waals surface area contributed by atoms with Gasteiger partial charge in [-0.3, -0.25) is 4.79 Å². The van der Waals surface area contributed by atoms with Gasteiger partial charge in [-0.25, -0.2) is 14.1 Å². The van der Waals surface area contributed by atoms with Gasteiger partial charge in [0.25, 0.3) is 5.91 Å². The number of halogens is 1. The molecule has 30 heavy (non-hydrogen) atoms. The number of hydrogen-bond donors (Lipinski definition) is 1. The molecule has 0 aliphatic carbocycles. The van der Waals surface area contributed by atoms with Gasteiger partial charge in [-0.15, -0.1) is 5.10 Å². The Labute approximate surface area is 173 Å². The molecule has 4 rings (SSSR count). The van der Waals surface area contributed by atoms with Crippen molar-refractivity contribution in [1.82, 2.24) is 14.8 Å². The topological polar surface area (TPSA) is 69.0 Å². The van der Waals surface area contributed by atoms with Crippen LogP contribution in [0.5, 0.6) is 5.75 Å². The molecule has 1 amide bonds. The predicted octanol–water partition coefficient (Wildman–Crippen LogP) is 4.64. The number of rotatable bonds is 5. The van der Waals surface area contributed by atoms with Crippen LogP contribution in [0.1, 0.15) is 16.2 Å². The zero-order valence-corrected chi connectivity index (χ0v) is 16.5. The van der Waals surface area contributed by atoms with Crippen LogP contribution in [0.4, 0.5) is 10.1 Å². The van der Waals surface area contributed by atoms with Crippen molar-refractivity contribution >= 4 is 11.6 Å². The Balaban J connectivity index is 1.75. The summed E-state index contributed by atoms with van der Waals surface area (Å²) in [5.74, 6) is 0.161. The lowest BCUT2D eigenvalue weighted by molar-refractivity contribution is 0.101. The standard InChI is InChI=1S/C23H19FN4O2/c1-15-7-9-16(10-8-15)22-26-21(27-28(22)18-13-11-17(24)12-14-18)23(29)25-19-5-3-4-6-20(19)30-2/h3-14H,1-2H3,(H,25,29). The fourth-order valence-electron chi connectivity index (χ4n) is 2.99. The summed E-state index contributed by atoms with van der Waals surface area (Å²) in [6.07, 6.45) is 0.